The molecule has 18 heavy (non-hydrogen) atoms. The first-order valence-corrected chi connectivity index (χ1v) is 5.67. The first-order chi connectivity index (χ1) is 8.62. The minimum Gasteiger partial charge on any atom is -0.481 e. The lowest BCUT2D eigenvalue weighted by atomic mass is 9.95. The molecule has 92 valence electrons. The third-order valence-corrected chi connectivity index (χ3v) is 3.41. The Labute approximate surface area is 103 Å². The molecule has 1 saturated carbocycles. The van der Waals surface area contributed by atoms with E-state index in [1.165, 1.54) is 6.26 Å². The number of nitrogens with zero attached hydrogens (tertiary/aromatic N) is 1. The molecular weight excluding hydrogens is 232 g/mol. The highest BCUT2D eigenvalue weighted by molar-refractivity contribution is 5.85. The Morgan fingerprint density at radius 3 is 2.44 bits per heavy atom. The van der Waals surface area contributed by atoms with E-state index in [4.69, 9.17) is 10.2 Å². The molecule has 0 atom stereocenters. The summed E-state index contributed by atoms with van der Waals surface area (Å²) < 4.78 is 4.94. The molecule has 5 nitrogen and oxygen atoms in total. The first-order valence-electron chi connectivity index (χ1n) is 5.67. The van der Waals surface area contributed by atoms with E-state index in [-0.39, 0.29) is 6.01 Å². The average molecular weight is 244 g/mol. The summed E-state index contributed by atoms with van der Waals surface area (Å²) in [6, 6.07) is 7.48. The monoisotopic (exact) mass is 244 g/mol. The van der Waals surface area contributed by atoms with Crippen molar-refractivity contribution in [3.8, 4) is 11.3 Å². The van der Waals surface area contributed by atoms with Crippen LogP contribution in [0.2, 0.25) is 0 Å². The number of benzene rings is 1. The quantitative estimate of drug-likeness (QED) is 0.862. The molecular formula is C13H12N2O3. The summed E-state index contributed by atoms with van der Waals surface area (Å²) >= 11 is 0. The van der Waals surface area contributed by atoms with E-state index >= 15 is 0 Å². The van der Waals surface area contributed by atoms with Gasteiger partial charge in [0, 0.05) is 5.56 Å². The Balaban J connectivity index is 1.92. The molecule has 0 aliphatic heterocycles. The van der Waals surface area contributed by atoms with E-state index in [1.54, 1.807) is 0 Å². The van der Waals surface area contributed by atoms with Crippen LogP contribution in [0.1, 0.15) is 18.4 Å². The van der Waals surface area contributed by atoms with Gasteiger partial charge in [0.15, 0.2) is 0 Å². The third-order valence-electron chi connectivity index (χ3n) is 3.41. The zero-order valence-electron chi connectivity index (χ0n) is 9.59. The Kier molecular flexibility index (Phi) is 2.16. The van der Waals surface area contributed by atoms with Gasteiger partial charge in [-0.05, 0) is 18.4 Å². The van der Waals surface area contributed by atoms with Gasteiger partial charge in [-0.3, -0.25) is 4.79 Å². The van der Waals surface area contributed by atoms with Crippen molar-refractivity contribution in [3.63, 3.8) is 0 Å². The Morgan fingerprint density at radius 2 is 2.00 bits per heavy atom. The fraction of sp³-hybridized carbons (Fsp3) is 0.231. The second-order valence-electron chi connectivity index (χ2n) is 4.54. The van der Waals surface area contributed by atoms with Crippen molar-refractivity contribution in [2.24, 2.45) is 0 Å². The molecule has 0 bridgehead atoms. The molecule has 3 N–H and O–H groups in total. The van der Waals surface area contributed by atoms with Gasteiger partial charge in [-0.1, -0.05) is 24.3 Å². The minimum atomic E-state index is -0.749. The van der Waals surface area contributed by atoms with Crippen molar-refractivity contribution < 1.29 is 14.3 Å². The second kappa shape index (κ2) is 3.60. The van der Waals surface area contributed by atoms with Gasteiger partial charge >= 0.3 is 5.97 Å². The highest BCUT2D eigenvalue weighted by Crippen LogP contribution is 2.48. The number of hydrogen-bond acceptors (Lipinski definition) is 4. The molecule has 0 spiro atoms. The largest absolute Gasteiger partial charge is 0.481 e. The van der Waals surface area contributed by atoms with Crippen LogP contribution in [0, 0.1) is 0 Å². The molecule has 1 aliphatic carbocycles. The number of aliphatic carboxylic acids is 1. The van der Waals surface area contributed by atoms with Gasteiger partial charge in [0.05, 0.1) is 5.41 Å². The fourth-order valence-corrected chi connectivity index (χ4v) is 2.13. The van der Waals surface area contributed by atoms with Crippen LogP contribution < -0.4 is 5.73 Å². The van der Waals surface area contributed by atoms with E-state index in [1.807, 2.05) is 24.3 Å². The van der Waals surface area contributed by atoms with Crippen LogP contribution in [0.3, 0.4) is 0 Å². The number of oxazole rings is 1. The van der Waals surface area contributed by atoms with Crippen molar-refractivity contribution in [3.05, 3.63) is 36.1 Å². The third kappa shape index (κ3) is 1.55. The number of hydrogen-bond donors (Lipinski definition) is 2. The van der Waals surface area contributed by atoms with Crippen molar-refractivity contribution in [2.75, 3.05) is 5.73 Å². The Bertz CT molecular complexity index is 597. The van der Waals surface area contributed by atoms with Crippen molar-refractivity contribution in [1.29, 1.82) is 0 Å². The number of carboxylic acid groups (broad SMARTS) is 1. The SMILES string of the molecule is Nc1nc(-c2ccc(C3(C(=O)O)CC3)cc2)co1. The molecule has 1 fully saturated rings. The van der Waals surface area contributed by atoms with Crippen LogP contribution in [0.4, 0.5) is 6.01 Å². The molecule has 1 aliphatic rings. The summed E-state index contributed by atoms with van der Waals surface area (Å²) in [5.74, 6) is -0.749. The van der Waals surface area contributed by atoms with Crippen LogP contribution in [-0.4, -0.2) is 16.1 Å². The fourth-order valence-electron chi connectivity index (χ4n) is 2.13. The van der Waals surface area contributed by atoms with Gasteiger partial charge in [-0.2, -0.15) is 4.98 Å². The molecule has 1 aromatic carbocycles. The topological polar surface area (TPSA) is 89.3 Å². The summed E-state index contributed by atoms with van der Waals surface area (Å²) in [7, 11) is 0. The summed E-state index contributed by atoms with van der Waals surface area (Å²) in [5.41, 5.74) is 7.10. The molecule has 0 radical (unpaired) electrons. The van der Waals surface area contributed by atoms with Crippen LogP contribution in [0.15, 0.2) is 34.9 Å². The molecule has 5 heteroatoms. The van der Waals surface area contributed by atoms with Crippen molar-refractivity contribution in [1.82, 2.24) is 4.98 Å². The van der Waals surface area contributed by atoms with Crippen molar-refractivity contribution >= 4 is 12.0 Å². The highest BCUT2D eigenvalue weighted by atomic mass is 16.4. The minimum absolute atomic E-state index is 0.123. The number of nitrogen functional groups attached to an aromatic ring is 1. The van der Waals surface area contributed by atoms with E-state index in [0.29, 0.717) is 18.5 Å². The molecule has 0 saturated heterocycles. The number of rotatable bonds is 3. The van der Waals surface area contributed by atoms with Crippen molar-refractivity contribution in [2.45, 2.75) is 18.3 Å². The number of anilines is 1. The van der Waals surface area contributed by atoms with Gasteiger partial charge in [0.1, 0.15) is 12.0 Å². The maximum absolute atomic E-state index is 11.2. The maximum atomic E-state index is 11.2. The molecule has 2 aromatic rings. The number of carbonyl (C=O) groups is 1. The van der Waals surface area contributed by atoms with Gasteiger partial charge in [0.2, 0.25) is 0 Å². The summed E-state index contributed by atoms with van der Waals surface area (Å²) in [5, 5.41) is 9.20. The number of carboxylic acids is 1. The van der Waals surface area contributed by atoms with E-state index in [0.717, 1.165) is 11.1 Å². The number of nitrogens with two attached hydrogens (primary N) is 1. The lowest BCUT2D eigenvalue weighted by Crippen LogP contribution is -2.19. The average Bonchev–Trinajstić information content (AvgIpc) is 3.07. The van der Waals surface area contributed by atoms with E-state index < -0.39 is 11.4 Å². The number of aromatic nitrogens is 1. The Hall–Kier alpha value is -2.30. The van der Waals surface area contributed by atoms with Crippen LogP contribution in [-0.2, 0) is 10.2 Å². The standard InChI is InChI=1S/C13H12N2O3/c14-12-15-10(7-18-12)8-1-3-9(4-2-8)13(5-6-13)11(16)17/h1-4,7H,5-6H2,(H2,14,15)(H,16,17). The van der Waals surface area contributed by atoms with Crippen LogP contribution in [0.25, 0.3) is 11.3 Å². The predicted molar refractivity (Wildman–Crippen MR) is 64.9 cm³/mol. The lowest BCUT2D eigenvalue weighted by molar-refractivity contribution is -0.140. The molecule has 1 aromatic heterocycles. The van der Waals surface area contributed by atoms with Gasteiger partial charge in [0.25, 0.3) is 6.01 Å². The van der Waals surface area contributed by atoms with Gasteiger partial charge < -0.3 is 15.3 Å². The first kappa shape index (κ1) is 10.8. The van der Waals surface area contributed by atoms with Crippen LogP contribution >= 0.6 is 0 Å². The summed E-state index contributed by atoms with van der Waals surface area (Å²) in [4.78, 5) is 15.2. The second-order valence-corrected chi connectivity index (χ2v) is 4.54. The van der Waals surface area contributed by atoms with E-state index in [9.17, 15) is 9.90 Å². The van der Waals surface area contributed by atoms with Gasteiger partial charge in [-0.15, -0.1) is 0 Å². The zero-order valence-corrected chi connectivity index (χ0v) is 9.59. The van der Waals surface area contributed by atoms with E-state index in [2.05, 4.69) is 4.98 Å². The molecule has 1 heterocycles. The zero-order chi connectivity index (χ0) is 12.8. The summed E-state index contributed by atoms with van der Waals surface area (Å²) in [6.45, 7) is 0. The summed E-state index contributed by atoms with van der Waals surface area (Å²) in [6.07, 6.45) is 2.89. The maximum Gasteiger partial charge on any atom is 0.314 e. The normalized spacial score (nSPS) is 16.4. The molecule has 0 unspecified atom stereocenters. The highest BCUT2D eigenvalue weighted by Gasteiger charge is 2.51. The van der Waals surface area contributed by atoms with Crippen LogP contribution in [0.5, 0.6) is 0 Å². The smallest absolute Gasteiger partial charge is 0.314 e. The Morgan fingerprint density at radius 1 is 1.33 bits per heavy atom. The molecule has 3 rings (SSSR count). The predicted octanol–water partition coefficient (Wildman–Crippen LogP) is 2.04. The lowest BCUT2D eigenvalue weighted by Gasteiger charge is -2.10. The molecule has 0 amide bonds. The van der Waals surface area contributed by atoms with Gasteiger partial charge in [-0.25, -0.2) is 0 Å².